The molecule has 1 N–H and O–H groups in total. The van der Waals surface area contributed by atoms with Gasteiger partial charge in [-0.2, -0.15) is 0 Å². The molecule has 200 valence electrons. The first kappa shape index (κ1) is 26.1. The molecule has 1 aliphatic rings. The number of furan rings is 2. The van der Waals surface area contributed by atoms with Crippen molar-refractivity contribution in [2.24, 2.45) is 0 Å². The second-order valence-electron chi connectivity index (χ2n) is 9.75. The average Bonchev–Trinajstić information content (AvgIpc) is 3.72. The molecule has 2 aromatic carbocycles. The van der Waals surface area contributed by atoms with Gasteiger partial charge in [0.25, 0.3) is 0 Å². The molecule has 7 nitrogen and oxygen atoms in total. The van der Waals surface area contributed by atoms with Gasteiger partial charge in [-0.05, 0) is 79.4 Å². The summed E-state index contributed by atoms with van der Waals surface area (Å²) in [5.74, 6) is 4.41. The van der Waals surface area contributed by atoms with Crippen LogP contribution in [0.15, 0.2) is 81.6 Å². The predicted molar refractivity (Wildman–Crippen MR) is 143 cm³/mol. The molecule has 38 heavy (non-hydrogen) atoms. The van der Waals surface area contributed by atoms with Crippen LogP contribution in [0.25, 0.3) is 0 Å². The van der Waals surface area contributed by atoms with E-state index in [9.17, 15) is 5.11 Å². The van der Waals surface area contributed by atoms with Crippen molar-refractivity contribution >= 4 is 0 Å². The number of rotatable bonds is 11. The molecule has 0 saturated carbocycles. The number of ether oxygens (including phenoxy) is 3. The van der Waals surface area contributed by atoms with E-state index in [-0.39, 0.29) is 6.10 Å². The quantitative estimate of drug-likeness (QED) is 0.275. The van der Waals surface area contributed by atoms with Crippen molar-refractivity contribution in [3.63, 3.8) is 0 Å². The number of benzene rings is 2. The third-order valence-electron chi connectivity index (χ3n) is 7.07. The molecule has 1 fully saturated rings. The van der Waals surface area contributed by atoms with Crippen molar-refractivity contribution in [3.8, 4) is 11.5 Å². The molecule has 4 aromatic rings. The highest BCUT2D eigenvalue weighted by Crippen LogP contribution is 2.39. The molecular formula is C31H35NO6. The average molecular weight is 518 g/mol. The summed E-state index contributed by atoms with van der Waals surface area (Å²) in [4.78, 5) is 2.27. The minimum absolute atomic E-state index is 0.191. The van der Waals surface area contributed by atoms with Gasteiger partial charge in [-0.15, -0.1) is 0 Å². The van der Waals surface area contributed by atoms with Crippen LogP contribution in [0.4, 0.5) is 0 Å². The predicted octanol–water partition coefficient (Wildman–Crippen LogP) is 5.66. The first-order valence-corrected chi connectivity index (χ1v) is 13.0. The van der Waals surface area contributed by atoms with Crippen LogP contribution in [0.2, 0.25) is 0 Å². The molecule has 0 radical (unpaired) electrons. The van der Waals surface area contributed by atoms with E-state index in [1.165, 1.54) is 0 Å². The van der Waals surface area contributed by atoms with Crippen LogP contribution in [-0.4, -0.2) is 43.5 Å². The van der Waals surface area contributed by atoms with Gasteiger partial charge in [-0.25, -0.2) is 0 Å². The molecule has 3 heterocycles. The summed E-state index contributed by atoms with van der Waals surface area (Å²) in [5.41, 5.74) is -0.160. The normalized spacial score (nSPS) is 15.8. The molecule has 0 aliphatic carbocycles. The maximum absolute atomic E-state index is 12.2. The van der Waals surface area contributed by atoms with Gasteiger partial charge in [-0.1, -0.05) is 24.3 Å². The van der Waals surface area contributed by atoms with Crippen molar-refractivity contribution < 1.29 is 28.2 Å². The summed E-state index contributed by atoms with van der Waals surface area (Å²) in [6, 6.07) is 22.5. The molecule has 2 aromatic heterocycles. The lowest BCUT2D eigenvalue weighted by Gasteiger charge is -2.28. The summed E-state index contributed by atoms with van der Waals surface area (Å²) in [5, 5.41) is 12.2. The van der Waals surface area contributed by atoms with E-state index in [1.54, 1.807) is 14.2 Å². The lowest BCUT2D eigenvalue weighted by atomic mass is 9.84. The minimum atomic E-state index is -1.51. The number of aliphatic hydroxyl groups is 1. The Morgan fingerprint density at radius 1 is 0.816 bits per heavy atom. The van der Waals surface area contributed by atoms with Crippen molar-refractivity contribution in [2.75, 3.05) is 27.4 Å². The Balaban J connectivity index is 1.45. The van der Waals surface area contributed by atoms with Gasteiger partial charge in [0.05, 0.1) is 33.4 Å². The van der Waals surface area contributed by atoms with Crippen LogP contribution in [0.1, 0.15) is 47.0 Å². The highest BCUT2D eigenvalue weighted by molar-refractivity contribution is 5.46. The smallest absolute Gasteiger partial charge is 0.173 e. The first-order valence-electron chi connectivity index (χ1n) is 13.0. The number of hydrogen-bond donors (Lipinski definition) is 1. The minimum Gasteiger partial charge on any atom is -0.497 e. The van der Waals surface area contributed by atoms with Gasteiger partial charge in [-0.3, -0.25) is 4.90 Å². The highest BCUT2D eigenvalue weighted by atomic mass is 16.5. The Labute approximate surface area is 223 Å². The fourth-order valence-corrected chi connectivity index (χ4v) is 5.05. The standard InChI is InChI=1S/C31H35NO6/c1-22-6-11-28(37-22)20-32(19-27-5-4-18-36-27)21-29-16-17-30(38-29)31(33,23-7-12-25(34-2)13-8-23)24-9-14-26(35-3)15-10-24/h6-17,27,33H,4-5,18-21H2,1-3H3. The largest absolute Gasteiger partial charge is 0.497 e. The zero-order valence-corrected chi connectivity index (χ0v) is 22.2. The van der Waals surface area contributed by atoms with E-state index >= 15 is 0 Å². The van der Waals surface area contributed by atoms with Crippen molar-refractivity contribution in [3.05, 3.63) is 107 Å². The van der Waals surface area contributed by atoms with Crippen molar-refractivity contribution in [1.29, 1.82) is 0 Å². The zero-order chi connectivity index (χ0) is 26.5. The number of hydrogen-bond acceptors (Lipinski definition) is 7. The lowest BCUT2D eigenvalue weighted by Crippen LogP contribution is -2.31. The molecule has 5 rings (SSSR count). The topological polar surface area (TPSA) is 77.4 Å². The molecule has 1 unspecified atom stereocenters. The van der Waals surface area contributed by atoms with Gasteiger partial charge in [0.2, 0.25) is 0 Å². The second-order valence-corrected chi connectivity index (χ2v) is 9.75. The SMILES string of the molecule is COc1ccc(C(O)(c2ccc(OC)cc2)c2ccc(CN(Cc3ccc(C)o3)CC3CCCO3)o2)cc1. The molecule has 7 heteroatoms. The summed E-state index contributed by atoms with van der Waals surface area (Å²) in [6.07, 6.45) is 2.32. The third kappa shape index (κ3) is 5.65. The van der Waals surface area contributed by atoms with Gasteiger partial charge in [0.15, 0.2) is 5.60 Å². The van der Waals surface area contributed by atoms with E-state index in [1.807, 2.05) is 79.7 Å². The molecule has 1 aliphatic heterocycles. The van der Waals surface area contributed by atoms with E-state index < -0.39 is 5.60 Å². The van der Waals surface area contributed by atoms with Crippen molar-refractivity contribution in [1.82, 2.24) is 4.90 Å². The van der Waals surface area contributed by atoms with Crippen LogP contribution in [0, 0.1) is 6.92 Å². The zero-order valence-electron chi connectivity index (χ0n) is 22.2. The molecule has 1 atom stereocenters. The Hall–Kier alpha value is -3.52. The maximum Gasteiger partial charge on any atom is 0.173 e. The number of methoxy groups -OCH3 is 2. The Kier molecular flexibility index (Phi) is 7.88. The first-order chi connectivity index (χ1) is 18.5. The summed E-state index contributed by atoms with van der Waals surface area (Å²) in [6.45, 7) is 4.73. The molecule has 0 spiro atoms. The second kappa shape index (κ2) is 11.5. The van der Waals surface area contributed by atoms with Gasteiger partial charge in [0, 0.05) is 13.2 Å². The summed E-state index contributed by atoms with van der Waals surface area (Å²) in [7, 11) is 3.24. The Morgan fingerprint density at radius 2 is 1.39 bits per heavy atom. The Morgan fingerprint density at radius 3 is 1.89 bits per heavy atom. The highest BCUT2D eigenvalue weighted by Gasteiger charge is 2.37. The van der Waals surface area contributed by atoms with Crippen LogP contribution in [-0.2, 0) is 23.4 Å². The van der Waals surface area contributed by atoms with Crippen LogP contribution in [0.5, 0.6) is 11.5 Å². The van der Waals surface area contributed by atoms with E-state index in [0.29, 0.717) is 41.5 Å². The third-order valence-corrected chi connectivity index (χ3v) is 7.07. The van der Waals surface area contributed by atoms with Crippen LogP contribution < -0.4 is 9.47 Å². The lowest BCUT2D eigenvalue weighted by molar-refractivity contribution is 0.0605. The van der Waals surface area contributed by atoms with E-state index in [4.69, 9.17) is 23.0 Å². The van der Waals surface area contributed by atoms with E-state index in [2.05, 4.69) is 4.90 Å². The number of aryl methyl sites for hydroxylation is 1. The van der Waals surface area contributed by atoms with Gasteiger partial charge >= 0.3 is 0 Å². The van der Waals surface area contributed by atoms with Crippen LogP contribution in [0.3, 0.4) is 0 Å². The van der Waals surface area contributed by atoms with Crippen molar-refractivity contribution in [2.45, 2.75) is 44.6 Å². The molecule has 1 saturated heterocycles. The fourth-order valence-electron chi connectivity index (χ4n) is 5.05. The number of nitrogens with zero attached hydrogens (tertiary/aromatic N) is 1. The Bertz CT molecular complexity index is 1250. The van der Waals surface area contributed by atoms with Crippen LogP contribution >= 0.6 is 0 Å². The summed E-state index contributed by atoms with van der Waals surface area (Å²) >= 11 is 0. The van der Waals surface area contributed by atoms with E-state index in [0.717, 1.165) is 43.3 Å². The fraction of sp³-hybridized carbons (Fsp3) is 0.355. The van der Waals surface area contributed by atoms with Gasteiger partial charge in [0.1, 0.15) is 34.5 Å². The monoisotopic (exact) mass is 517 g/mol. The molecule has 0 amide bonds. The maximum atomic E-state index is 12.2. The molecular weight excluding hydrogens is 482 g/mol. The summed E-state index contributed by atoms with van der Waals surface area (Å²) < 4.78 is 28.8. The van der Waals surface area contributed by atoms with Gasteiger partial charge < -0.3 is 28.2 Å². The molecule has 0 bridgehead atoms.